The van der Waals surface area contributed by atoms with Crippen molar-refractivity contribution >= 4 is 17.6 Å². The molecule has 132 valence electrons. The van der Waals surface area contributed by atoms with Gasteiger partial charge in [0, 0.05) is 12.1 Å². The van der Waals surface area contributed by atoms with Crippen molar-refractivity contribution in [2.24, 2.45) is 0 Å². The molecule has 5 nitrogen and oxygen atoms in total. The zero-order chi connectivity index (χ0) is 18.1. The van der Waals surface area contributed by atoms with Crippen LogP contribution in [-0.4, -0.2) is 25.1 Å². The maximum atomic E-state index is 12.0. The molecule has 25 heavy (non-hydrogen) atoms. The van der Waals surface area contributed by atoms with E-state index in [1.54, 1.807) is 0 Å². The van der Waals surface area contributed by atoms with Gasteiger partial charge in [-0.1, -0.05) is 30.3 Å². The fourth-order valence-corrected chi connectivity index (χ4v) is 2.03. The number of anilines is 1. The number of alkyl halides is 2. The molecule has 1 amide bonds. The number of hydrogen-bond acceptors (Lipinski definition) is 4. The molecule has 1 N–H and O–H groups in total. The number of carbonyl (C=O) groups excluding carboxylic acids is 2. The van der Waals surface area contributed by atoms with Gasteiger partial charge in [0.2, 0.25) is 0 Å². The van der Waals surface area contributed by atoms with Crippen molar-refractivity contribution in [1.29, 1.82) is 0 Å². The van der Waals surface area contributed by atoms with Crippen LogP contribution in [0.1, 0.15) is 12.0 Å². The molecular formula is C18H17F2NO4. The largest absolute Gasteiger partial charge is 0.456 e. The summed E-state index contributed by atoms with van der Waals surface area (Å²) in [5.74, 6) is -1.00. The van der Waals surface area contributed by atoms with Crippen molar-refractivity contribution < 1.29 is 27.8 Å². The highest BCUT2D eigenvalue weighted by Crippen LogP contribution is 2.17. The molecule has 0 aliphatic rings. The highest BCUT2D eigenvalue weighted by molar-refractivity contribution is 5.92. The van der Waals surface area contributed by atoms with Gasteiger partial charge < -0.3 is 14.8 Å². The van der Waals surface area contributed by atoms with E-state index in [1.165, 1.54) is 24.3 Å². The van der Waals surface area contributed by atoms with Crippen LogP contribution >= 0.6 is 0 Å². The molecule has 0 heterocycles. The molecule has 0 spiro atoms. The summed E-state index contributed by atoms with van der Waals surface area (Å²) in [5.41, 5.74) is 1.39. The first-order valence-electron chi connectivity index (χ1n) is 7.57. The van der Waals surface area contributed by atoms with Gasteiger partial charge in [-0.3, -0.25) is 9.59 Å². The lowest BCUT2D eigenvalue weighted by Crippen LogP contribution is -2.21. The van der Waals surface area contributed by atoms with Gasteiger partial charge in [0.1, 0.15) is 5.75 Å². The maximum Gasteiger partial charge on any atom is 0.387 e. The molecule has 0 radical (unpaired) electrons. The van der Waals surface area contributed by atoms with Gasteiger partial charge in [-0.25, -0.2) is 0 Å². The Kier molecular flexibility index (Phi) is 6.88. The van der Waals surface area contributed by atoms with Crippen molar-refractivity contribution in [2.75, 3.05) is 11.9 Å². The second-order valence-electron chi connectivity index (χ2n) is 5.10. The number of hydrogen-bond donors (Lipinski definition) is 1. The molecule has 0 bridgehead atoms. The van der Waals surface area contributed by atoms with E-state index in [0.717, 1.165) is 5.56 Å². The molecule has 0 aliphatic carbocycles. The van der Waals surface area contributed by atoms with Crippen molar-refractivity contribution in [3.05, 3.63) is 60.2 Å². The number of nitrogens with one attached hydrogen (secondary N) is 1. The summed E-state index contributed by atoms with van der Waals surface area (Å²) >= 11 is 0. The molecule has 0 saturated heterocycles. The van der Waals surface area contributed by atoms with Crippen LogP contribution in [0.5, 0.6) is 5.75 Å². The second kappa shape index (κ2) is 9.36. The number of rotatable bonds is 8. The smallest absolute Gasteiger partial charge is 0.387 e. The van der Waals surface area contributed by atoms with Crippen LogP contribution in [0.3, 0.4) is 0 Å². The van der Waals surface area contributed by atoms with E-state index in [0.29, 0.717) is 12.1 Å². The highest BCUT2D eigenvalue weighted by atomic mass is 19.3. The minimum absolute atomic E-state index is 0.0136. The number of benzene rings is 2. The summed E-state index contributed by atoms with van der Waals surface area (Å²) in [4.78, 5) is 23.3. The lowest BCUT2D eigenvalue weighted by molar-refractivity contribution is -0.147. The molecule has 7 heteroatoms. The third-order valence-electron chi connectivity index (χ3n) is 3.19. The Morgan fingerprint density at radius 3 is 2.32 bits per heavy atom. The summed E-state index contributed by atoms with van der Waals surface area (Å²) in [7, 11) is 0. The summed E-state index contributed by atoms with van der Waals surface area (Å²) in [6, 6.07) is 14.9. The predicted octanol–water partition coefficient (Wildman–Crippen LogP) is 3.40. The fraction of sp³-hybridized carbons (Fsp3) is 0.222. The third-order valence-corrected chi connectivity index (χ3v) is 3.19. The van der Waals surface area contributed by atoms with E-state index >= 15 is 0 Å². The zero-order valence-corrected chi connectivity index (χ0v) is 13.3. The Hall–Kier alpha value is -2.96. The minimum Gasteiger partial charge on any atom is -0.456 e. The number of aryl methyl sites for hydroxylation is 1. The molecule has 2 rings (SSSR count). The third kappa shape index (κ3) is 6.99. The molecule has 2 aromatic carbocycles. The maximum absolute atomic E-state index is 12.0. The monoisotopic (exact) mass is 349 g/mol. The van der Waals surface area contributed by atoms with Gasteiger partial charge in [0.15, 0.2) is 6.61 Å². The van der Waals surface area contributed by atoms with E-state index < -0.39 is 25.1 Å². The Balaban J connectivity index is 1.70. The average molecular weight is 349 g/mol. The summed E-state index contributed by atoms with van der Waals surface area (Å²) in [6.45, 7) is -3.32. The average Bonchev–Trinajstić information content (AvgIpc) is 2.60. The standard InChI is InChI=1S/C18H17F2NO4/c19-18(20)25-15-9-7-14(8-10-15)21-16(22)12-24-17(23)11-6-13-4-2-1-3-5-13/h1-5,7-10,18H,6,11-12H2,(H,21,22). The zero-order valence-electron chi connectivity index (χ0n) is 13.3. The molecular weight excluding hydrogens is 332 g/mol. The van der Waals surface area contributed by atoms with E-state index in [9.17, 15) is 18.4 Å². The number of halogens is 2. The van der Waals surface area contributed by atoms with Crippen molar-refractivity contribution in [3.8, 4) is 5.75 Å². The lowest BCUT2D eigenvalue weighted by Gasteiger charge is -2.08. The van der Waals surface area contributed by atoms with Crippen molar-refractivity contribution in [1.82, 2.24) is 0 Å². The van der Waals surface area contributed by atoms with Gasteiger partial charge in [-0.05, 0) is 36.2 Å². The first kappa shape index (κ1) is 18.4. The first-order chi connectivity index (χ1) is 12.0. The number of esters is 1. The fourth-order valence-electron chi connectivity index (χ4n) is 2.03. The Morgan fingerprint density at radius 1 is 1.00 bits per heavy atom. The summed E-state index contributed by atoms with van der Waals surface area (Å²) in [5, 5.41) is 2.49. The molecule has 0 aliphatic heterocycles. The van der Waals surface area contributed by atoms with Crippen LogP contribution in [-0.2, 0) is 20.7 Å². The lowest BCUT2D eigenvalue weighted by atomic mass is 10.1. The quantitative estimate of drug-likeness (QED) is 0.742. The van der Waals surface area contributed by atoms with Crippen molar-refractivity contribution in [2.45, 2.75) is 19.5 Å². The summed E-state index contributed by atoms with van der Waals surface area (Å²) < 4.78 is 33.2. The van der Waals surface area contributed by atoms with E-state index in [1.807, 2.05) is 30.3 Å². The first-order valence-corrected chi connectivity index (χ1v) is 7.57. The van der Waals surface area contributed by atoms with E-state index in [-0.39, 0.29) is 12.2 Å². The molecule has 0 fully saturated rings. The molecule has 0 atom stereocenters. The Bertz CT molecular complexity index is 690. The van der Waals surface area contributed by atoms with Crippen LogP contribution < -0.4 is 10.1 Å². The van der Waals surface area contributed by atoms with Crippen LogP contribution in [0, 0.1) is 0 Å². The molecule has 0 unspecified atom stereocenters. The second-order valence-corrected chi connectivity index (χ2v) is 5.10. The predicted molar refractivity (Wildman–Crippen MR) is 87.4 cm³/mol. The van der Waals surface area contributed by atoms with Crippen LogP contribution in [0.25, 0.3) is 0 Å². The van der Waals surface area contributed by atoms with Gasteiger partial charge >= 0.3 is 12.6 Å². The number of carbonyl (C=O) groups is 2. The SMILES string of the molecule is O=C(COC(=O)CCc1ccccc1)Nc1ccc(OC(F)F)cc1. The Morgan fingerprint density at radius 2 is 1.68 bits per heavy atom. The Labute approximate surface area is 143 Å². The van der Waals surface area contributed by atoms with Gasteiger partial charge in [-0.15, -0.1) is 0 Å². The van der Waals surface area contributed by atoms with Gasteiger partial charge in [0.05, 0.1) is 0 Å². The number of amides is 1. The van der Waals surface area contributed by atoms with E-state index in [4.69, 9.17) is 4.74 Å². The van der Waals surface area contributed by atoms with Crippen LogP contribution in [0.2, 0.25) is 0 Å². The molecule has 0 aromatic heterocycles. The van der Waals surface area contributed by atoms with Gasteiger partial charge in [0.25, 0.3) is 5.91 Å². The summed E-state index contributed by atoms with van der Waals surface area (Å²) in [6.07, 6.45) is 0.712. The normalized spacial score (nSPS) is 10.4. The topological polar surface area (TPSA) is 64.6 Å². The van der Waals surface area contributed by atoms with E-state index in [2.05, 4.69) is 10.1 Å². The minimum atomic E-state index is -2.91. The van der Waals surface area contributed by atoms with Crippen LogP contribution in [0.15, 0.2) is 54.6 Å². The highest BCUT2D eigenvalue weighted by Gasteiger charge is 2.09. The van der Waals surface area contributed by atoms with Crippen molar-refractivity contribution in [3.63, 3.8) is 0 Å². The molecule has 0 saturated carbocycles. The van der Waals surface area contributed by atoms with Crippen LogP contribution in [0.4, 0.5) is 14.5 Å². The number of ether oxygens (including phenoxy) is 2. The van der Waals surface area contributed by atoms with Gasteiger partial charge in [-0.2, -0.15) is 8.78 Å². The molecule has 2 aromatic rings.